The second kappa shape index (κ2) is 4.62. The maximum atomic E-state index is 5.66. The van der Waals surface area contributed by atoms with Crippen molar-refractivity contribution < 1.29 is 0 Å². The molecule has 1 aromatic heterocycles. The average Bonchev–Trinajstić information content (AvgIpc) is 2.74. The van der Waals surface area contributed by atoms with Crippen molar-refractivity contribution in [1.82, 2.24) is 10.2 Å². The Morgan fingerprint density at radius 3 is 2.59 bits per heavy atom. The number of H-pyrrole nitrogens is 1. The molecule has 2 rings (SSSR count). The highest BCUT2D eigenvalue weighted by molar-refractivity contribution is 5.67. The molecule has 0 aliphatic heterocycles. The lowest BCUT2D eigenvalue weighted by Gasteiger charge is -2.11. The largest absolute Gasteiger partial charge is 0.382 e. The first-order chi connectivity index (χ1) is 8.11. The Hall–Kier alpha value is -1.77. The molecule has 0 amide bonds. The van der Waals surface area contributed by atoms with Crippen molar-refractivity contribution >= 4 is 5.82 Å². The highest BCUT2D eigenvalue weighted by atomic mass is 15.2. The topological polar surface area (TPSA) is 54.7 Å². The number of rotatable bonds is 3. The van der Waals surface area contributed by atoms with E-state index in [0.717, 1.165) is 12.1 Å². The first-order valence-corrected chi connectivity index (χ1v) is 6.06. The molecule has 0 aliphatic rings. The van der Waals surface area contributed by atoms with Gasteiger partial charge in [0.25, 0.3) is 0 Å². The normalized spacial score (nSPS) is 11.1. The monoisotopic (exact) mass is 229 g/mol. The van der Waals surface area contributed by atoms with Crippen LogP contribution in [0.15, 0.2) is 24.3 Å². The zero-order chi connectivity index (χ0) is 12.4. The van der Waals surface area contributed by atoms with Crippen LogP contribution in [0.25, 0.3) is 11.3 Å². The maximum Gasteiger partial charge on any atom is 0.145 e. The van der Waals surface area contributed by atoms with E-state index in [0.29, 0.717) is 11.7 Å². The summed E-state index contributed by atoms with van der Waals surface area (Å²) in [5.74, 6) is 1.07. The summed E-state index contributed by atoms with van der Waals surface area (Å²) in [7, 11) is 0. The molecule has 0 saturated carbocycles. The zero-order valence-electron chi connectivity index (χ0n) is 10.6. The Labute approximate surface area is 102 Å². The molecule has 3 N–H and O–H groups in total. The molecular formula is C14H19N3. The molecule has 0 radical (unpaired) electrons. The van der Waals surface area contributed by atoms with Gasteiger partial charge in [0.2, 0.25) is 0 Å². The third-order valence-electron chi connectivity index (χ3n) is 3.07. The van der Waals surface area contributed by atoms with E-state index >= 15 is 0 Å². The van der Waals surface area contributed by atoms with Crippen LogP contribution in [-0.2, 0) is 6.42 Å². The summed E-state index contributed by atoms with van der Waals surface area (Å²) in [6.45, 7) is 6.56. The summed E-state index contributed by atoms with van der Waals surface area (Å²) < 4.78 is 0. The number of hydrogen-bond acceptors (Lipinski definition) is 2. The summed E-state index contributed by atoms with van der Waals surface area (Å²) in [6, 6.07) is 8.52. The van der Waals surface area contributed by atoms with Gasteiger partial charge in [0.15, 0.2) is 0 Å². The highest BCUT2D eigenvalue weighted by Crippen LogP contribution is 2.27. The minimum absolute atomic E-state index is 0.528. The molecule has 1 aromatic carbocycles. The number of nitrogens with two attached hydrogens (primary N) is 1. The van der Waals surface area contributed by atoms with Crippen LogP contribution in [0.4, 0.5) is 5.82 Å². The highest BCUT2D eigenvalue weighted by Gasteiger charge is 2.09. The van der Waals surface area contributed by atoms with E-state index in [-0.39, 0.29) is 0 Å². The van der Waals surface area contributed by atoms with Crippen molar-refractivity contribution in [2.24, 2.45) is 0 Å². The number of nitrogen functional groups attached to an aromatic ring is 1. The van der Waals surface area contributed by atoms with E-state index in [1.54, 1.807) is 0 Å². The molecule has 0 unspecified atom stereocenters. The lowest BCUT2D eigenvalue weighted by Crippen LogP contribution is -1.93. The van der Waals surface area contributed by atoms with Gasteiger partial charge in [-0.3, -0.25) is 5.10 Å². The Morgan fingerprint density at radius 1 is 1.29 bits per heavy atom. The molecule has 2 aromatic rings. The minimum atomic E-state index is 0.528. The van der Waals surface area contributed by atoms with Gasteiger partial charge in [-0.05, 0) is 29.5 Å². The van der Waals surface area contributed by atoms with Gasteiger partial charge in [0.1, 0.15) is 5.82 Å². The van der Waals surface area contributed by atoms with E-state index in [1.807, 2.05) is 6.07 Å². The zero-order valence-corrected chi connectivity index (χ0v) is 10.6. The minimum Gasteiger partial charge on any atom is -0.382 e. The molecule has 3 heteroatoms. The van der Waals surface area contributed by atoms with Gasteiger partial charge in [-0.15, -0.1) is 0 Å². The second-order valence-corrected chi connectivity index (χ2v) is 4.63. The number of aromatic amines is 1. The number of hydrogen-bond donors (Lipinski definition) is 2. The van der Waals surface area contributed by atoms with Crippen LogP contribution in [0.3, 0.4) is 0 Å². The molecule has 0 aliphatic carbocycles. The SMILES string of the molecule is CCc1ccc(C(C)C)cc1-c1cc(N)n[nH]1. The average molecular weight is 229 g/mol. The van der Waals surface area contributed by atoms with Crippen molar-refractivity contribution in [2.75, 3.05) is 5.73 Å². The van der Waals surface area contributed by atoms with Crippen LogP contribution in [0.1, 0.15) is 37.8 Å². The van der Waals surface area contributed by atoms with Gasteiger partial charge in [0, 0.05) is 11.6 Å². The molecule has 0 saturated heterocycles. The van der Waals surface area contributed by atoms with E-state index in [4.69, 9.17) is 5.73 Å². The van der Waals surface area contributed by atoms with E-state index in [1.165, 1.54) is 16.7 Å². The maximum absolute atomic E-state index is 5.66. The molecule has 90 valence electrons. The van der Waals surface area contributed by atoms with Crippen LogP contribution in [0, 0.1) is 0 Å². The molecule has 0 atom stereocenters. The van der Waals surface area contributed by atoms with Gasteiger partial charge in [-0.25, -0.2) is 0 Å². The molecule has 3 nitrogen and oxygen atoms in total. The smallest absolute Gasteiger partial charge is 0.145 e. The third kappa shape index (κ3) is 2.33. The summed E-state index contributed by atoms with van der Waals surface area (Å²) in [4.78, 5) is 0. The lowest BCUT2D eigenvalue weighted by molar-refractivity contribution is 0.865. The molecule has 0 fully saturated rings. The number of anilines is 1. The van der Waals surface area contributed by atoms with Crippen molar-refractivity contribution in [3.05, 3.63) is 35.4 Å². The van der Waals surface area contributed by atoms with Crippen molar-refractivity contribution in [1.29, 1.82) is 0 Å². The number of benzene rings is 1. The second-order valence-electron chi connectivity index (χ2n) is 4.63. The molecular weight excluding hydrogens is 210 g/mol. The number of nitrogens with zero attached hydrogens (tertiary/aromatic N) is 1. The van der Waals surface area contributed by atoms with E-state index in [9.17, 15) is 0 Å². The Bertz CT molecular complexity index is 512. The molecule has 0 bridgehead atoms. The van der Waals surface area contributed by atoms with Crippen molar-refractivity contribution in [3.8, 4) is 11.3 Å². The number of aromatic nitrogens is 2. The van der Waals surface area contributed by atoms with Gasteiger partial charge < -0.3 is 5.73 Å². The van der Waals surface area contributed by atoms with Crippen LogP contribution in [0.5, 0.6) is 0 Å². The Morgan fingerprint density at radius 2 is 2.06 bits per heavy atom. The van der Waals surface area contributed by atoms with Crippen molar-refractivity contribution in [2.45, 2.75) is 33.1 Å². The Kier molecular flexibility index (Phi) is 3.18. The fourth-order valence-corrected chi connectivity index (χ4v) is 1.99. The number of nitrogens with one attached hydrogen (secondary N) is 1. The summed E-state index contributed by atoms with van der Waals surface area (Å²) >= 11 is 0. The van der Waals surface area contributed by atoms with E-state index < -0.39 is 0 Å². The predicted molar refractivity (Wildman–Crippen MR) is 71.9 cm³/mol. The van der Waals surface area contributed by atoms with Gasteiger partial charge in [-0.2, -0.15) is 5.10 Å². The van der Waals surface area contributed by atoms with Gasteiger partial charge in [0.05, 0.1) is 5.69 Å². The fraction of sp³-hybridized carbons (Fsp3) is 0.357. The van der Waals surface area contributed by atoms with Gasteiger partial charge in [-0.1, -0.05) is 32.9 Å². The standard InChI is InChI=1S/C14H19N3/c1-4-10-5-6-11(9(2)3)7-12(10)13-8-14(15)17-16-13/h5-9H,4H2,1-3H3,(H3,15,16,17). The first kappa shape index (κ1) is 11.7. The molecule has 1 heterocycles. The first-order valence-electron chi connectivity index (χ1n) is 6.06. The quantitative estimate of drug-likeness (QED) is 0.848. The molecule has 0 spiro atoms. The van der Waals surface area contributed by atoms with Crippen LogP contribution in [-0.4, -0.2) is 10.2 Å². The third-order valence-corrected chi connectivity index (χ3v) is 3.07. The lowest BCUT2D eigenvalue weighted by atomic mass is 9.95. The predicted octanol–water partition coefficient (Wildman–Crippen LogP) is 3.34. The summed E-state index contributed by atoms with van der Waals surface area (Å²) in [6.07, 6.45) is 1.01. The van der Waals surface area contributed by atoms with Crippen molar-refractivity contribution in [3.63, 3.8) is 0 Å². The van der Waals surface area contributed by atoms with Crippen LogP contribution < -0.4 is 5.73 Å². The summed E-state index contributed by atoms with van der Waals surface area (Å²) in [5.41, 5.74) is 10.5. The van der Waals surface area contributed by atoms with Gasteiger partial charge >= 0.3 is 0 Å². The van der Waals surface area contributed by atoms with Crippen LogP contribution in [0.2, 0.25) is 0 Å². The number of aryl methyl sites for hydroxylation is 1. The summed E-state index contributed by atoms with van der Waals surface area (Å²) in [5, 5.41) is 6.98. The fourth-order valence-electron chi connectivity index (χ4n) is 1.99. The van der Waals surface area contributed by atoms with Crippen LogP contribution >= 0.6 is 0 Å². The Balaban J connectivity index is 2.53. The molecule has 17 heavy (non-hydrogen) atoms. The van der Waals surface area contributed by atoms with E-state index in [2.05, 4.69) is 49.2 Å².